The second-order valence-electron chi connectivity index (χ2n) is 5.39. The first-order chi connectivity index (χ1) is 10.9. The maximum absolute atomic E-state index is 12.2. The van der Waals surface area contributed by atoms with E-state index in [1.807, 2.05) is 19.1 Å². The number of ketones is 1. The number of pyridine rings is 1. The number of nitrogens with one attached hydrogen (secondary N) is 1. The molecule has 118 valence electrons. The Kier molecular flexibility index (Phi) is 3.65. The number of hydrogen-bond donors (Lipinski definition) is 3. The second kappa shape index (κ2) is 5.51. The highest BCUT2D eigenvalue weighted by Crippen LogP contribution is 2.49. The summed E-state index contributed by atoms with van der Waals surface area (Å²) in [4.78, 5) is 28.3. The number of anilines is 2. The van der Waals surface area contributed by atoms with E-state index in [1.54, 1.807) is 12.4 Å². The van der Waals surface area contributed by atoms with E-state index in [-0.39, 0.29) is 11.7 Å². The summed E-state index contributed by atoms with van der Waals surface area (Å²) in [5, 5.41) is 3.92. The topological polar surface area (TPSA) is 111 Å². The molecule has 6 nitrogen and oxygen atoms in total. The van der Waals surface area contributed by atoms with E-state index in [9.17, 15) is 9.59 Å². The Labute approximate surface area is 137 Å². The highest BCUT2D eigenvalue weighted by molar-refractivity contribution is 7.18. The van der Waals surface area contributed by atoms with Gasteiger partial charge in [0.2, 0.25) is 0 Å². The number of nitrogen functional groups attached to an aromatic ring is 1. The van der Waals surface area contributed by atoms with E-state index in [4.69, 9.17) is 11.5 Å². The molecule has 0 radical (unpaired) electrons. The molecule has 7 heteroatoms. The predicted molar refractivity (Wildman–Crippen MR) is 90.3 cm³/mol. The quantitative estimate of drug-likeness (QED) is 0.800. The van der Waals surface area contributed by atoms with Crippen molar-refractivity contribution < 1.29 is 9.59 Å². The van der Waals surface area contributed by atoms with Crippen LogP contribution in [0.5, 0.6) is 0 Å². The molecule has 0 unspecified atom stereocenters. The van der Waals surface area contributed by atoms with E-state index >= 15 is 0 Å². The highest BCUT2D eigenvalue weighted by Gasteiger charge is 2.35. The Balaban J connectivity index is 2.29. The van der Waals surface area contributed by atoms with Crippen LogP contribution in [-0.2, 0) is 4.79 Å². The summed E-state index contributed by atoms with van der Waals surface area (Å²) < 4.78 is 0. The largest absolute Gasteiger partial charge is 0.397 e. The van der Waals surface area contributed by atoms with Crippen molar-refractivity contribution in [1.82, 2.24) is 4.98 Å². The number of aromatic nitrogens is 1. The van der Waals surface area contributed by atoms with Gasteiger partial charge in [-0.05, 0) is 25.5 Å². The van der Waals surface area contributed by atoms with Gasteiger partial charge < -0.3 is 16.8 Å². The first kappa shape index (κ1) is 15.2. The molecule has 3 heterocycles. The average molecular weight is 328 g/mol. The molecule has 0 spiro atoms. The molecule has 1 aliphatic heterocycles. The third-order valence-electron chi connectivity index (χ3n) is 3.89. The van der Waals surface area contributed by atoms with Gasteiger partial charge in [-0.2, -0.15) is 0 Å². The molecule has 1 aliphatic rings. The van der Waals surface area contributed by atoms with Gasteiger partial charge in [0.25, 0.3) is 5.91 Å². The zero-order valence-corrected chi connectivity index (χ0v) is 13.5. The summed E-state index contributed by atoms with van der Waals surface area (Å²) in [6, 6.07) is 3.70. The summed E-state index contributed by atoms with van der Waals surface area (Å²) in [5.41, 5.74) is 14.8. The molecule has 0 aromatic carbocycles. The van der Waals surface area contributed by atoms with Crippen LogP contribution in [0, 0.1) is 0 Å². The molecule has 2 aromatic rings. The number of nitrogens with two attached hydrogens (primary N) is 2. The van der Waals surface area contributed by atoms with E-state index in [1.165, 1.54) is 18.3 Å². The van der Waals surface area contributed by atoms with Gasteiger partial charge in [0, 0.05) is 35.1 Å². The van der Waals surface area contributed by atoms with Gasteiger partial charge in [-0.3, -0.25) is 14.6 Å². The number of hydrogen-bond acceptors (Lipinski definition) is 6. The fourth-order valence-corrected chi connectivity index (χ4v) is 4.03. The van der Waals surface area contributed by atoms with Crippen molar-refractivity contribution in [3.8, 4) is 0 Å². The van der Waals surface area contributed by atoms with Gasteiger partial charge in [0.15, 0.2) is 5.78 Å². The predicted octanol–water partition coefficient (Wildman–Crippen LogP) is 2.24. The van der Waals surface area contributed by atoms with E-state index in [2.05, 4.69) is 10.3 Å². The van der Waals surface area contributed by atoms with Gasteiger partial charge in [-0.15, -0.1) is 11.3 Å². The fourth-order valence-electron chi connectivity index (χ4n) is 2.96. The molecule has 0 bridgehead atoms. The van der Waals surface area contributed by atoms with Crippen molar-refractivity contribution in [2.45, 2.75) is 19.8 Å². The normalized spacial score (nSPS) is 16.7. The SMILES string of the molecule is CC(=O)C1=C(C)Nc2sc(C(N)=O)c(N)c2[C@@H]1c1cccnc1. The standard InChI is InChI=1S/C16H16N4O2S/c1-7-10(8(2)21)11(9-4-3-5-19-6-9)12-13(17)14(15(18)22)23-16(12)20-7/h3-6,11,20H,17H2,1-2H3,(H2,18,22)/t11-/m1/s1. The molecule has 23 heavy (non-hydrogen) atoms. The molecule has 2 aromatic heterocycles. The lowest BCUT2D eigenvalue weighted by atomic mass is 9.81. The summed E-state index contributed by atoms with van der Waals surface area (Å²) in [7, 11) is 0. The number of carbonyl (C=O) groups excluding carboxylic acids is 2. The Morgan fingerprint density at radius 1 is 1.39 bits per heavy atom. The molecule has 0 saturated carbocycles. The van der Waals surface area contributed by atoms with E-state index < -0.39 is 5.91 Å². The third-order valence-corrected chi connectivity index (χ3v) is 5.04. The highest BCUT2D eigenvalue weighted by atomic mass is 32.1. The lowest BCUT2D eigenvalue weighted by molar-refractivity contribution is -0.113. The van der Waals surface area contributed by atoms with Crippen LogP contribution in [0.1, 0.15) is 40.6 Å². The lowest BCUT2D eigenvalue weighted by Gasteiger charge is -2.28. The van der Waals surface area contributed by atoms with Crippen molar-refractivity contribution in [1.29, 1.82) is 0 Å². The molecule has 1 amide bonds. The smallest absolute Gasteiger partial charge is 0.260 e. The minimum atomic E-state index is -0.573. The number of carbonyl (C=O) groups is 2. The Morgan fingerprint density at radius 3 is 2.70 bits per heavy atom. The Morgan fingerprint density at radius 2 is 2.13 bits per heavy atom. The summed E-state index contributed by atoms with van der Waals surface area (Å²) in [6.45, 7) is 3.36. The summed E-state index contributed by atoms with van der Waals surface area (Å²) in [5.74, 6) is -0.988. The fraction of sp³-hybridized carbons (Fsp3) is 0.188. The van der Waals surface area contributed by atoms with Crippen LogP contribution in [0.2, 0.25) is 0 Å². The Hall–Kier alpha value is -2.67. The van der Waals surface area contributed by atoms with Crippen molar-refractivity contribution >= 4 is 33.7 Å². The van der Waals surface area contributed by atoms with Crippen molar-refractivity contribution in [3.63, 3.8) is 0 Å². The number of nitrogens with zero attached hydrogens (tertiary/aromatic N) is 1. The third kappa shape index (κ3) is 2.39. The van der Waals surface area contributed by atoms with Crippen LogP contribution in [-0.4, -0.2) is 16.7 Å². The molecule has 3 rings (SSSR count). The Bertz CT molecular complexity index is 839. The molecule has 5 N–H and O–H groups in total. The van der Waals surface area contributed by atoms with Crippen LogP contribution in [0.25, 0.3) is 0 Å². The lowest BCUT2D eigenvalue weighted by Crippen LogP contribution is -2.21. The average Bonchev–Trinajstić information content (AvgIpc) is 2.83. The number of fused-ring (bicyclic) bond motifs is 1. The van der Waals surface area contributed by atoms with Crippen molar-refractivity contribution in [3.05, 3.63) is 51.8 Å². The van der Waals surface area contributed by atoms with Crippen LogP contribution < -0.4 is 16.8 Å². The van der Waals surface area contributed by atoms with Crippen LogP contribution in [0.3, 0.4) is 0 Å². The van der Waals surface area contributed by atoms with Crippen LogP contribution in [0.15, 0.2) is 35.8 Å². The van der Waals surface area contributed by atoms with E-state index in [0.717, 1.165) is 16.3 Å². The van der Waals surface area contributed by atoms with Gasteiger partial charge >= 0.3 is 0 Å². The number of amides is 1. The maximum Gasteiger partial charge on any atom is 0.260 e. The first-order valence-electron chi connectivity index (χ1n) is 7.02. The van der Waals surface area contributed by atoms with Gasteiger partial charge in [-0.25, -0.2) is 0 Å². The second-order valence-corrected chi connectivity index (χ2v) is 6.41. The molecular formula is C16H16N4O2S. The zero-order valence-electron chi connectivity index (χ0n) is 12.7. The molecule has 0 fully saturated rings. The van der Waals surface area contributed by atoms with Crippen molar-refractivity contribution in [2.75, 3.05) is 11.1 Å². The monoisotopic (exact) mass is 328 g/mol. The van der Waals surface area contributed by atoms with Crippen molar-refractivity contribution in [2.24, 2.45) is 5.73 Å². The minimum absolute atomic E-state index is 0.0549. The van der Waals surface area contributed by atoms with Gasteiger partial charge in [0.1, 0.15) is 4.88 Å². The number of thiophene rings is 1. The number of primary amides is 1. The molecule has 1 atom stereocenters. The van der Waals surface area contributed by atoms with E-state index in [0.29, 0.717) is 21.7 Å². The number of allylic oxidation sites excluding steroid dienone is 2. The minimum Gasteiger partial charge on any atom is -0.397 e. The first-order valence-corrected chi connectivity index (χ1v) is 7.84. The van der Waals surface area contributed by atoms with Gasteiger partial charge in [-0.1, -0.05) is 6.07 Å². The van der Waals surface area contributed by atoms with Crippen LogP contribution in [0.4, 0.5) is 10.7 Å². The summed E-state index contributed by atoms with van der Waals surface area (Å²) >= 11 is 1.21. The van der Waals surface area contributed by atoms with Crippen LogP contribution >= 0.6 is 11.3 Å². The zero-order chi connectivity index (χ0) is 16.7. The number of rotatable bonds is 3. The molecule has 0 aliphatic carbocycles. The number of Topliss-reactive ketones (excluding diaryl/α,β-unsaturated/α-hetero) is 1. The molecule has 0 saturated heterocycles. The maximum atomic E-state index is 12.2. The molecular weight excluding hydrogens is 312 g/mol. The van der Waals surface area contributed by atoms with Gasteiger partial charge in [0.05, 0.1) is 10.7 Å². The summed E-state index contributed by atoms with van der Waals surface area (Å²) in [6.07, 6.45) is 3.37.